The van der Waals surface area contributed by atoms with Crippen LogP contribution in [0.25, 0.3) is 17.3 Å². The lowest BCUT2D eigenvalue weighted by molar-refractivity contribution is -0.112. The molecular formula is C30H27N3O4S. The molecule has 1 aromatic heterocycles. The Morgan fingerprint density at radius 3 is 2.58 bits per heavy atom. The Balaban J connectivity index is 1.40. The molecule has 0 radical (unpaired) electrons. The van der Waals surface area contributed by atoms with Gasteiger partial charge in [0.2, 0.25) is 0 Å². The molecule has 0 bridgehead atoms. The number of aromatic nitrogens is 1. The largest absolute Gasteiger partial charge is 0.490 e. The van der Waals surface area contributed by atoms with Gasteiger partial charge in [0.05, 0.1) is 12.3 Å². The van der Waals surface area contributed by atoms with E-state index in [0.717, 1.165) is 22.6 Å². The van der Waals surface area contributed by atoms with Gasteiger partial charge in [-0.1, -0.05) is 48.5 Å². The number of carbonyl (C=O) groups excluding carboxylic acids is 1. The SMILES string of the molecule is CCOc1cc(C=C(C#N)C(=O)Nc2nc(-c3ccccc3)cs2)ccc1OCCOc1cccc(C)c1. The first-order chi connectivity index (χ1) is 18.6. The number of nitrogens with one attached hydrogen (secondary N) is 1. The lowest BCUT2D eigenvalue weighted by Crippen LogP contribution is -2.13. The van der Waals surface area contributed by atoms with Gasteiger partial charge >= 0.3 is 0 Å². The maximum Gasteiger partial charge on any atom is 0.268 e. The summed E-state index contributed by atoms with van der Waals surface area (Å²) in [5, 5.41) is 14.6. The van der Waals surface area contributed by atoms with Crippen molar-refractivity contribution in [2.75, 3.05) is 25.1 Å². The highest BCUT2D eigenvalue weighted by molar-refractivity contribution is 7.14. The first-order valence-electron chi connectivity index (χ1n) is 12.1. The number of rotatable bonds is 11. The molecule has 4 aromatic rings. The lowest BCUT2D eigenvalue weighted by Gasteiger charge is -2.13. The molecule has 0 atom stereocenters. The Bertz CT molecular complexity index is 1460. The molecule has 1 amide bonds. The molecule has 38 heavy (non-hydrogen) atoms. The van der Waals surface area contributed by atoms with Gasteiger partial charge in [0.15, 0.2) is 16.6 Å². The fourth-order valence-electron chi connectivity index (χ4n) is 3.57. The monoisotopic (exact) mass is 525 g/mol. The molecule has 1 N–H and O–H groups in total. The van der Waals surface area contributed by atoms with Gasteiger partial charge in [-0.3, -0.25) is 10.1 Å². The Morgan fingerprint density at radius 1 is 1.00 bits per heavy atom. The van der Waals surface area contributed by atoms with Crippen molar-refractivity contribution in [3.8, 4) is 34.6 Å². The maximum absolute atomic E-state index is 12.8. The summed E-state index contributed by atoms with van der Waals surface area (Å²) in [6, 6.07) is 24.7. The zero-order valence-corrected chi connectivity index (χ0v) is 22.0. The number of amides is 1. The van der Waals surface area contributed by atoms with E-state index in [4.69, 9.17) is 14.2 Å². The average molecular weight is 526 g/mol. The van der Waals surface area contributed by atoms with Crippen LogP contribution < -0.4 is 19.5 Å². The Kier molecular flexibility index (Phi) is 9.11. The minimum Gasteiger partial charge on any atom is -0.490 e. The number of carbonyl (C=O) groups is 1. The number of aryl methyl sites for hydroxylation is 1. The third kappa shape index (κ3) is 7.21. The molecule has 7 nitrogen and oxygen atoms in total. The van der Waals surface area contributed by atoms with Gasteiger partial charge in [-0.15, -0.1) is 11.3 Å². The van der Waals surface area contributed by atoms with Crippen molar-refractivity contribution in [3.63, 3.8) is 0 Å². The molecular weight excluding hydrogens is 498 g/mol. The molecule has 0 aliphatic rings. The molecule has 3 aromatic carbocycles. The number of ether oxygens (including phenoxy) is 3. The van der Waals surface area contributed by atoms with Gasteiger partial charge in [-0.2, -0.15) is 5.26 Å². The van der Waals surface area contributed by atoms with Crippen molar-refractivity contribution in [3.05, 3.63) is 94.9 Å². The van der Waals surface area contributed by atoms with Gasteiger partial charge in [0.25, 0.3) is 5.91 Å². The number of hydrogen-bond donors (Lipinski definition) is 1. The summed E-state index contributed by atoms with van der Waals surface area (Å²) in [6.45, 7) is 5.02. The van der Waals surface area contributed by atoms with Crippen LogP contribution in [-0.2, 0) is 4.79 Å². The van der Waals surface area contributed by atoms with Crippen LogP contribution >= 0.6 is 11.3 Å². The number of hydrogen-bond acceptors (Lipinski definition) is 7. The number of nitrogens with zero attached hydrogens (tertiary/aromatic N) is 2. The van der Waals surface area contributed by atoms with Crippen LogP contribution in [0.15, 0.2) is 83.7 Å². The molecule has 0 unspecified atom stereocenters. The molecule has 8 heteroatoms. The quantitative estimate of drug-likeness (QED) is 0.136. The first kappa shape index (κ1) is 26.5. The second-order valence-electron chi connectivity index (χ2n) is 8.18. The fourth-order valence-corrected chi connectivity index (χ4v) is 4.29. The summed E-state index contributed by atoms with van der Waals surface area (Å²) in [4.78, 5) is 17.2. The van der Waals surface area contributed by atoms with Gasteiger partial charge in [-0.05, 0) is 55.3 Å². The molecule has 1 heterocycles. The van der Waals surface area contributed by atoms with E-state index in [9.17, 15) is 10.1 Å². The van der Waals surface area contributed by atoms with Gasteiger partial charge in [-0.25, -0.2) is 4.98 Å². The van der Waals surface area contributed by atoms with E-state index in [1.54, 1.807) is 18.2 Å². The molecule has 0 aliphatic carbocycles. The summed E-state index contributed by atoms with van der Waals surface area (Å²) in [5.41, 5.74) is 3.42. The van der Waals surface area contributed by atoms with Crippen molar-refractivity contribution in [1.29, 1.82) is 5.26 Å². The standard InChI is InChI=1S/C30H27N3O4S/c1-3-35-28-18-22(12-13-27(28)37-15-14-36-25-11-7-8-21(2)16-25)17-24(19-31)29(34)33-30-32-26(20-38-30)23-9-5-4-6-10-23/h4-13,16-18,20H,3,14-15H2,1-2H3,(H,32,33,34). The third-order valence-electron chi connectivity index (χ3n) is 5.34. The van der Waals surface area contributed by atoms with Gasteiger partial charge in [0.1, 0.15) is 30.6 Å². The number of anilines is 1. The first-order valence-corrected chi connectivity index (χ1v) is 13.0. The molecule has 0 aliphatic heterocycles. The minimum atomic E-state index is -0.534. The van der Waals surface area contributed by atoms with Gasteiger partial charge in [0, 0.05) is 10.9 Å². The number of nitriles is 1. The second-order valence-corrected chi connectivity index (χ2v) is 9.04. The van der Waals surface area contributed by atoms with E-state index in [1.165, 1.54) is 17.4 Å². The lowest BCUT2D eigenvalue weighted by atomic mass is 10.1. The summed E-state index contributed by atoms with van der Waals surface area (Å²) in [5.74, 6) is 1.32. The zero-order chi connectivity index (χ0) is 26.7. The van der Waals surface area contributed by atoms with E-state index in [2.05, 4.69) is 10.3 Å². The molecule has 0 fully saturated rings. The zero-order valence-electron chi connectivity index (χ0n) is 21.1. The van der Waals surface area contributed by atoms with Gasteiger partial charge < -0.3 is 14.2 Å². The topological polar surface area (TPSA) is 93.5 Å². The fraction of sp³-hybridized carbons (Fsp3) is 0.167. The van der Waals surface area contributed by atoms with Crippen LogP contribution in [0.2, 0.25) is 0 Å². The van der Waals surface area contributed by atoms with Crippen LogP contribution in [0.1, 0.15) is 18.1 Å². The Hall–Kier alpha value is -4.61. The highest BCUT2D eigenvalue weighted by Crippen LogP contribution is 2.30. The predicted octanol–water partition coefficient (Wildman–Crippen LogP) is 6.52. The molecule has 0 saturated heterocycles. The van der Waals surface area contributed by atoms with E-state index in [-0.39, 0.29) is 5.57 Å². The molecule has 192 valence electrons. The van der Waals surface area contributed by atoms with Crippen molar-refractivity contribution >= 4 is 28.5 Å². The molecule has 0 saturated carbocycles. The summed E-state index contributed by atoms with van der Waals surface area (Å²) in [6.07, 6.45) is 1.51. The number of thiazole rings is 1. The molecule has 4 rings (SSSR count). The van der Waals surface area contributed by atoms with Crippen molar-refractivity contribution in [2.24, 2.45) is 0 Å². The van der Waals surface area contributed by atoms with Crippen LogP contribution in [0.3, 0.4) is 0 Å². The summed E-state index contributed by atoms with van der Waals surface area (Å²) < 4.78 is 17.4. The summed E-state index contributed by atoms with van der Waals surface area (Å²) >= 11 is 1.30. The maximum atomic E-state index is 12.8. The van der Waals surface area contributed by atoms with E-state index < -0.39 is 5.91 Å². The number of benzene rings is 3. The third-order valence-corrected chi connectivity index (χ3v) is 6.09. The summed E-state index contributed by atoms with van der Waals surface area (Å²) in [7, 11) is 0. The van der Waals surface area contributed by atoms with Crippen molar-refractivity contribution in [2.45, 2.75) is 13.8 Å². The highest BCUT2D eigenvalue weighted by atomic mass is 32.1. The Morgan fingerprint density at radius 2 is 1.82 bits per heavy atom. The van der Waals surface area contributed by atoms with E-state index in [0.29, 0.717) is 42.0 Å². The van der Waals surface area contributed by atoms with Crippen molar-refractivity contribution in [1.82, 2.24) is 4.98 Å². The minimum absolute atomic E-state index is 0.0517. The smallest absolute Gasteiger partial charge is 0.268 e. The average Bonchev–Trinajstić information content (AvgIpc) is 3.40. The van der Waals surface area contributed by atoms with Crippen LogP contribution in [0.4, 0.5) is 5.13 Å². The van der Waals surface area contributed by atoms with E-state index in [1.807, 2.05) is 79.9 Å². The Labute approximate surface area is 226 Å². The van der Waals surface area contributed by atoms with Crippen molar-refractivity contribution < 1.29 is 19.0 Å². The highest BCUT2D eigenvalue weighted by Gasteiger charge is 2.14. The van der Waals surface area contributed by atoms with E-state index >= 15 is 0 Å². The molecule has 0 spiro atoms. The predicted molar refractivity (Wildman–Crippen MR) is 150 cm³/mol. The normalized spacial score (nSPS) is 10.9. The van der Waals surface area contributed by atoms with Crippen LogP contribution in [-0.4, -0.2) is 30.7 Å². The van der Waals surface area contributed by atoms with Crippen LogP contribution in [0.5, 0.6) is 17.2 Å². The second kappa shape index (κ2) is 13.1. The van der Waals surface area contributed by atoms with Crippen LogP contribution in [0, 0.1) is 18.3 Å².